The number of hydrogen-bond acceptors (Lipinski definition) is 3. The number of nitrogens with zero attached hydrogens (tertiary/aromatic N) is 2. The van der Waals surface area contributed by atoms with Gasteiger partial charge in [-0.05, 0) is 37.0 Å². The molecule has 1 saturated heterocycles. The van der Waals surface area contributed by atoms with Gasteiger partial charge in [0.05, 0.1) is 0 Å². The Morgan fingerprint density at radius 1 is 1.03 bits per heavy atom. The van der Waals surface area contributed by atoms with E-state index in [1.807, 2.05) is 77.5 Å². The average Bonchev–Trinajstić information content (AvgIpc) is 2.81. The summed E-state index contributed by atoms with van der Waals surface area (Å²) in [6, 6.07) is 20.1. The van der Waals surface area contributed by atoms with E-state index >= 15 is 0 Å². The number of carbonyl (C=O) groups is 2. The number of piperidine rings is 1. The Morgan fingerprint density at radius 3 is 2.23 bits per heavy atom. The van der Waals surface area contributed by atoms with Crippen molar-refractivity contribution in [3.63, 3.8) is 0 Å². The predicted octanol–water partition coefficient (Wildman–Crippen LogP) is 5.02. The van der Waals surface area contributed by atoms with Crippen LogP contribution in [0.4, 0.5) is 0 Å². The normalized spacial score (nSPS) is 15.6. The van der Waals surface area contributed by atoms with Crippen molar-refractivity contribution >= 4 is 23.6 Å². The summed E-state index contributed by atoms with van der Waals surface area (Å²) >= 11 is 1.60. The highest BCUT2D eigenvalue weighted by Gasteiger charge is 2.32. The zero-order valence-corrected chi connectivity index (χ0v) is 18.8. The first-order valence-electron chi connectivity index (χ1n) is 10.9. The van der Waals surface area contributed by atoms with Gasteiger partial charge in [-0.2, -0.15) is 0 Å². The van der Waals surface area contributed by atoms with Crippen LogP contribution in [0.3, 0.4) is 0 Å². The molecule has 2 amide bonds. The van der Waals surface area contributed by atoms with E-state index < -0.39 is 0 Å². The first kappa shape index (κ1) is 22.4. The number of unbranched alkanes of at least 4 members (excludes halogenated alkanes) is 1. The van der Waals surface area contributed by atoms with E-state index in [9.17, 15) is 9.59 Å². The second kappa shape index (κ2) is 11.2. The fourth-order valence-electron chi connectivity index (χ4n) is 3.85. The summed E-state index contributed by atoms with van der Waals surface area (Å²) in [6.07, 6.45) is 3.62. The van der Waals surface area contributed by atoms with Gasteiger partial charge < -0.3 is 9.80 Å². The van der Waals surface area contributed by atoms with Crippen molar-refractivity contribution in [1.29, 1.82) is 0 Å². The van der Waals surface area contributed by atoms with Crippen LogP contribution >= 0.6 is 11.8 Å². The Hall–Kier alpha value is -2.27. The molecule has 0 aliphatic carbocycles. The second-order valence-electron chi connectivity index (χ2n) is 7.93. The number of benzene rings is 2. The molecule has 0 radical (unpaired) electrons. The Balaban J connectivity index is 1.65. The highest BCUT2D eigenvalue weighted by atomic mass is 32.2. The highest BCUT2D eigenvalue weighted by Crippen LogP contribution is 2.37. The molecule has 1 fully saturated rings. The van der Waals surface area contributed by atoms with E-state index in [4.69, 9.17) is 0 Å². The van der Waals surface area contributed by atoms with Crippen LogP contribution in [0, 0.1) is 5.92 Å². The minimum Gasteiger partial charge on any atom is -0.346 e. The van der Waals surface area contributed by atoms with Crippen LogP contribution in [-0.2, 0) is 9.59 Å². The van der Waals surface area contributed by atoms with E-state index in [1.54, 1.807) is 11.8 Å². The fraction of sp³-hybridized carbons (Fsp3) is 0.440. The quantitative estimate of drug-likeness (QED) is 0.559. The number of hydrogen-bond donors (Lipinski definition) is 0. The van der Waals surface area contributed by atoms with Crippen LogP contribution in [0.5, 0.6) is 0 Å². The molecular formula is C25H32N2O2S. The standard InChI is InChI=1S/C25H32N2O2S/c1-3-4-17-26(2)24(28)21-15-18-27(19-16-21)25(29)23(20-11-7-5-8-12-20)30-22-13-9-6-10-14-22/h5-14,21,23H,3-4,15-19H2,1-2H3. The summed E-state index contributed by atoms with van der Waals surface area (Å²) in [5, 5.41) is -0.270. The topological polar surface area (TPSA) is 40.6 Å². The molecule has 160 valence electrons. The third-order valence-electron chi connectivity index (χ3n) is 5.70. The van der Waals surface area contributed by atoms with Gasteiger partial charge in [0.2, 0.25) is 11.8 Å². The minimum absolute atomic E-state index is 0.0351. The van der Waals surface area contributed by atoms with Gasteiger partial charge in [0.1, 0.15) is 5.25 Å². The maximum absolute atomic E-state index is 13.5. The first-order chi connectivity index (χ1) is 14.6. The summed E-state index contributed by atoms with van der Waals surface area (Å²) in [5.74, 6) is 0.405. The SMILES string of the molecule is CCCCN(C)C(=O)C1CCN(C(=O)C(Sc2ccccc2)c2ccccc2)CC1. The van der Waals surface area contributed by atoms with E-state index in [0.717, 1.165) is 42.7 Å². The molecule has 2 aromatic rings. The maximum atomic E-state index is 13.5. The number of rotatable bonds is 8. The Bertz CT molecular complexity index is 804. The summed E-state index contributed by atoms with van der Waals surface area (Å²) in [6.45, 7) is 4.25. The van der Waals surface area contributed by atoms with Crippen LogP contribution in [0.2, 0.25) is 0 Å². The smallest absolute Gasteiger partial charge is 0.240 e. The summed E-state index contributed by atoms with van der Waals surface area (Å²) in [5.41, 5.74) is 1.02. The molecular weight excluding hydrogens is 392 g/mol. The minimum atomic E-state index is -0.270. The number of carbonyl (C=O) groups excluding carboxylic acids is 2. The molecule has 0 bridgehead atoms. The van der Waals surface area contributed by atoms with Crippen molar-refractivity contribution in [1.82, 2.24) is 9.80 Å². The van der Waals surface area contributed by atoms with Crippen molar-refractivity contribution in [2.75, 3.05) is 26.7 Å². The molecule has 2 aromatic carbocycles. The summed E-state index contributed by atoms with van der Waals surface area (Å²) in [4.78, 5) is 31.1. The van der Waals surface area contributed by atoms with E-state index in [1.165, 1.54) is 0 Å². The van der Waals surface area contributed by atoms with Gasteiger partial charge in [-0.15, -0.1) is 11.8 Å². The van der Waals surface area contributed by atoms with Gasteiger partial charge >= 0.3 is 0 Å². The number of likely N-dealkylation sites (tertiary alicyclic amines) is 1. The highest BCUT2D eigenvalue weighted by molar-refractivity contribution is 8.00. The van der Waals surface area contributed by atoms with Crippen molar-refractivity contribution in [2.24, 2.45) is 5.92 Å². The lowest BCUT2D eigenvalue weighted by Gasteiger charge is -2.35. The van der Waals surface area contributed by atoms with Gasteiger partial charge in [-0.3, -0.25) is 9.59 Å². The van der Waals surface area contributed by atoms with Crippen LogP contribution in [0.1, 0.15) is 43.4 Å². The molecule has 5 heteroatoms. The molecule has 30 heavy (non-hydrogen) atoms. The van der Waals surface area contributed by atoms with Gasteiger partial charge in [-0.1, -0.05) is 61.9 Å². The zero-order chi connectivity index (χ0) is 21.3. The zero-order valence-electron chi connectivity index (χ0n) is 18.0. The summed E-state index contributed by atoms with van der Waals surface area (Å²) in [7, 11) is 1.90. The molecule has 1 aliphatic rings. The Labute approximate surface area is 184 Å². The van der Waals surface area contributed by atoms with Crippen LogP contribution in [0.25, 0.3) is 0 Å². The molecule has 0 aromatic heterocycles. The molecule has 3 rings (SSSR count). The molecule has 1 unspecified atom stereocenters. The van der Waals surface area contributed by atoms with E-state index in [0.29, 0.717) is 13.1 Å². The Morgan fingerprint density at radius 2 is 1.63 bits per heavy atom. The summed E-state index contributed by atoms with van der Waals surface area (Å²) < 4.78 is 0. The van der Waals surface area contributed by atoms with Gasteiger partial charge in [0, 0.05) is 37.5 Å². The Kier molecular flexibility index (Phi) is 8.38. The fourth-order valence-corrected chi connectivity index (χ4v) is 4.98. The molecule has 1 aliphatic heterocycles. The second-order valence-corrected chi connectivity index (χ2v) is 9.11. The van der Waals surface area contributed by atoms with Crippen LogP contribution in [0.15, 0.2) is 65.6 Å². The maximum Gasteiger partial charge on any atom is 0.240 e. The van der Waals surface area contributed by atoms with Gasteiger partial charge in [0.25, 0.3) is 0 Å². The predicted molar refractivity (Wildman–Crippen MR) is 123 cm³/mol. The molecule has 4 nitrogen and oxygen atoms in total. The van der Waals surface area contributed by atoms with Gasteiger partial charge in [-0.25, -0.2) is 0 Å². The molecule has 0 saturated carbocycles. The lowest BCUT2D eigenvalue weighted by molar-refractivity contribution is -0.139. The van der Waals surface area contributed by atoms with E-state index in [-0.39, 0.29) is 23.0 Å². The lowest BCUT2D eigenvalue weighted by Crippen LogP contribution is -2.44. The molecule has 1 atom stereocenters. The average molecular weight is 425 g/mol. The van der Waals surface area contributed by atoms with Gasteiger partial charge in [0.15, 0.2) is 0 Å². The third-order valence-corrected chi connectivity index (χ3v) is 6.96. The van der Waals surface area contributed by atoms with Crippen LogP contribution in [-0.4, -0.2) is 48.3 Å². The van der Waals surface area contributed by atoms with Crippen molar-refractivity contribution in [3.8, 4) is 0 Å². The van der Waals surface area contributed by atoms with E-state index in [2.05, 4.69) is 6.92 Å². The molecule has 0 spiro atoms. The van der Waals surface area contributed by atoms with Crippen LogP contribution < -0.4 is 0 Å². The third kappa shape index (κ3) is 5.88. The first-order valence-corrected chi connectivity index (χ1v) is 11.8. The monoisotopic (exact) mass is 424 g/mol. The van der Waals surface area contributed by atoms with Crippen molar-refractivity contribution in [3.05, 3.63) is 66.2 Å². The van der Waals surface area contributed by atoms with Crippen molar-refractivity contribution in [2.45, 2.75) is 42.8 Å². The largest absolute Gasteiger partial charge is 0.346 e. The number of amides is 2. The molecule has 1 heterocycles. The lowest BCUT2D eigenvalue weighted by atomic mass is 9.94. The number of thioether (sulfide) groups is 1. The van der Waals surface area contributed by atoms with Crippen molar-refractivity contribution < 1.29 is 9.59 Å². The molecule has 0 N–H and O–H groups in total.